The van der Waals surface area contributed by atoms with Gasteiger partial charge in [-0.15, -0.1) is 0 Å². The Hall–Kier alpha value is -5.19. The Balaban J connectivity index is 1.03. The van der Waals surface area contributed by atoms with Crippen LogP contribution in [0.1, 0.15) is 52.6 Å². The second-order valence-corrected chi connectivity index (χ2v) is 12.7. The molecule has 1 fully saturated rings. The molecular weight excluding hydrogens is 632 g/mol. The summed E-state index contributed by atoms with van der Waals surface area (Å²) in [6.45, 7) is 1.25. The maximum atomic E-state index is 14.1. The van der Waals surface area contributed by atoms with Crippen molar-refractivity contribution < 1.29 is 28.6 Å². The van der Waals surface area contributed by atoms with Gasteiger partial charge in [0.2, 0.25) is 5.91 Å². The lowest BCUT2D eigenvalue weighted by Crippen LogP contribution is -2.49. The quantitative estimate of drug-likeness (QED) is 0.148. The van der Waals surface area contributed by atoms with Crippen LogP contribution >= 0.6 is 0 Å². The molecule has 260 valence electrons. The second-order valence-electron chi connectivity index (χ2n) is 12.7. The summed E-state index contributed by atoms with van der Waals surface area (Å²) in [4.78, 5) is 39.1. The van der Waals surface area contributed by atoms with Crippen LogP contribution in [0.4, 0.5) is 15.3 Å². The molecule has 4 aromatic carbocycles. The first-order valence-corrected chi connectivity index (χ1v) is 17.2. The smallest absolute Gasteiger partial charge is 0.407 e. The van der Waals surface area contributed by atoms with Gasteiger partial charge in [0.1, 0.15) is 12.6 Å². The van der Waals surface area contributed by atoms with E-state index in [4.69, 9.17) is 14.2 Å². The number of ether oxygens (including phenoxy) is 3. The standard InChI is InChI=1S/C40H44N4O6/c1-48-39(46)44-37(36(29-14-4-2-5-15-29)30-16-6-3-7-17-30)38(45)42-34-19-11-9-13-28(34)20-22-32-24-41-31(25-49-32)26-50-40(47)43-35-23-21-27-12-8-10-18-33(27)35/h2-19,31-32,35-37,41H,20-26H2,1H3,(H,42,45)(H,43,47)(H,44,46)/t31-,32+,35+,37-/m0/s1. The van der Waals surface area contributed by atoms with Crippen molar-refractivity contribution in [2.45, 2.75) is 55.8 Å². The SMILES string of the molecule is COC(=O)N[C@H](C(=O)Nc1ccccc1CC[C@@H]1CN[C@H](COC(=O)N[C@@H]2CCc3ccccc32)CO1)C(c1ccccc1)c1ccccc1. The highest BCUT2D eigenvalue weighted by atomic mass is 16.6. The van der Waals surface area contributed by atoms with Gasteiger partial charge in [-0.25, -0.2) is 9.59 Å². The van der Waals surface area contributed by atoms with Gasteiger partial charge in [0.05, 0.1) is 31.9 Å². The number of benzene rings is 4. The van der Waals surface area contributed by atoms with Crippen LogP contribution < -0.4 is 21.3 Å². The molecule has 2 aliphatic rings. The minimum Gasteiger partial charge on any atom is -0.453 e. The molecule has 6 rings (SSSR count). The zero-order valence-corrected chi connectivity index (χ0v) is 28.2. The number of nitrogens with one attached hydrogen (secondary N) is 4. The number of methoxy groups -OCH3 is 1. The molecule has 50 heavy (non-hydrogen) atoms. The molecule has 0 unspecified atom stereocenters. The third-order valence-corrected chi connectivity index (χ3v) is 9.41. The summed E-state index contributed by atoms with van der Waals surface area (Å²) < 4.78 is 16.6. The first-order chi connectivity index (χ1) is 24.5. The lowest BCUT2D eigenvalue weighted by molar-refractivity contribution is -0.118. The monoisotopic (exact) mass is 676 g/mol. The predicted molar refractivity (Wildman–Crippen MR) is 191 cm³/mol. The number of fused-ring (bicyclic) bond motifs is 1. The summed E-state index contributed by atoms with van der Waals surface area (Å²) >= 11 is 0. The van der Waals surface area contributed by atoms with E-state index < -0.39 is 24.1 Å². The van der Waals surface area contributed by atoms with E-state index in [1.165, 1.54) is 12.7 Å². The number of hydrogen-bond donors (Lipinski definition) is 4. The normalized spacial score (nSPS) is 18.8. The van der Waals surface area contributed by atoms with E-state index in [9.17, 15) is 14.4 Å². The van der Waals surface area contributed by atoms with Crippen molar-refractivity contribution in [1.29, 1.82) is 0 Å². The highest BCUT2D eigenvalue weighted by molar-refractivity contribution is 5.98. The molecule has 1 heterocycles. The van der Waals surface area contributed by atoms with Crippen molar-refractivity contribution in [3.8, 4) is 0 Å². The van der Waals surface area contributed by atoms with Crippen molar-refractivity contribution in [3.05, 3.63) is 137 Å². The Bertz CT molecular complexity index is 1690. The number of aryl methyl sites for hydroxylation is 2. The molecule has 0 saturated carbocycles. The maximum Gasteiger partial charge on any atom is 0.407 e. The number of morpholine rings is 1. The molecule has 0 aromatic heterocycles. The average Bonchev–Trinajstić information content (AvgIpc) is 3.57. The summed E-state index contributed by atoms with van der Waals surface area (Å²) in [5.41, 5.74) is 5.82. The van der Waals surface area contributed by atoms with Gasteiger partial charge in [0.25, 0.3) is 0 Å². The van der Waals surface area contributed by atoms with Crippen LogP contribution in [0.3, 0.4) is 0 Å². The molecule has 4 aromatic rings. The van der Waals surface area contributed by atoms with E-state index in [0.717, 1.165) is 41.5 Å². The lowest BCUT2D eigenvalue weighted by Gasteiger charge is -2.30. The van der Waals surface area contributed by atoms with Crippen LogP contribution in [0.5, 0.6) is 0 Å². The average molecular weight is 677 g/mol. The van der Waals surface area contributed by atoms with E-state index >= 15 is 0 Å². The second kappa shape index (κ2) is 17.0. The van der Waals surface area contributed by atoms with Gasteiger partial charge >= 0.3 is 12.2 Å². The van der Waals surface area contributed by atoms with Crippen molar-refractivity contribution in [2.24, 2.45) is 0 Å². The van der Waals surface area contributed by atoms with Gasteiger partial charge in [0.15, 0.2) is 0 Å². The summed E-state index contributed by atoms with van der Waals surface area (Å²) in [6.07, 6.45) is 2.04. The number of amides is 3. The highest BCUT2D eigenvalue weighted by Crippen LogP contribution is 2.31. The first-order valence-electron chi connectivity index (χ1n) is 17.2. The Morgan fingerprint density at radius 1 is 0.860 bits per heavy atom. The first kappa shape index (κ1) is 34.7. The maximum absolute atomic E-state index is 14.1. The number of anilines is 1. The van der Waals surface area contributed by atoms with E-state index in [1.54, 1.807) is 0 Å². The van der Waals surface area contributed by atoms with E-state index in [-0.39, 0.29) is 30.7 Å². The topological polar surface area (TPSA) is 127 Å². The Morgan fingerprint density at radius 2 is 1.54 bits per heavy atom. The van der Waals surface area contributed by atoms with Crippen molar-refractivity contribution in [1.82, 2.24) is 16.0 Å². The fraction of sp³-hybridized carbons (Fsp3) is 0.325. The number of rotatable bonds is 12. The third kappa shape index (κ3) is 8.88. The van der Waals surface area contributed by atoms with Crippen molar-refractivity contribution in [3.63, 3.8) is 0 Å². The number of carbonyl (C=O) groups excluding carboxylic acids is 3. The van der Waals surface area contributed by atoms with E-state index in [2.05, 4.69) is 33.4 Å². The largest absolute Gasteiger partial charge is 0.453 e. The molecule has 1 aliphatic heterocycles. The van der Waals surface area contributed by atoms with Gasteiger partial charge in [-0.1, -0.05) is 103 Å². The summed E-state index contributed by atoms with van der Waals surface area (Å²) in [5, 5.41) is 12.3. The predicted octanol–water partition coefficient (Wildman–Crippen LogP) is 5.89. The molecular formula is C40H44N4O6. The fourth-order valence-electron chi connectivity index (χ4n) is 6.80. The Morgan fingerprint density at radius 3 is 2.24 bits per heavy atom. The van der Waals surface area contributed by atoms with Crippen molar-refractivity contribution >= 4 is 23.8 Å². The molecule has 0 radical (unpaired) electrons. The number of para-hydroxylation sites is 1. The number of alkyl carbamates (subject to hydrolysis) is 2. The highest BCUT2D eigenvalue weighted by Gasteiger charge is 2.33. The van der Waals surface area contributed by atoms with Crippen LogP contribution in [0, 0.1) is 0 Å². The van der Waals surface area contributed by atoms with Crippen molar-refractivity contribution in [2.75, 3.05) is 32.2 Å². The van der Waals surface area contributed by atoms with Crippen LogP contribution in [0.2, 0.25) is 0 Å². The minimum atomic E-state index is -0.957. The van der Waals surface area contributed by atoms with Gasteiger partial charge in [-0.05, 0) is 59.6 Å². The van der Waals surface area contributed by atoms with E-state index in [1.807, 2.05) is 97.1 Å². The lowest BCUT2D eigenvalue weighted by atomic mass is 9.84. The number of hydrogen-bond acceptors (Lipinski definition) is 7. The van der Waals surface area contributed by atoms with E-state index in [0.29, 0.717) is 25.3 Å². The van der Waals surface area contributed by atoms with Crippen LogP contribution in [0.25, 0.3) is 0 Å². The van der Waals surface area contributed by atoms with Crippen LogP contribution in [-0.4, -0.2) is 63.1 Å². The third-order valence-electron chi connectivity index (χ3n) is 9.41. The molecule has 0 spiro atoms. The molecule has 3 amide bonds. The van der Waals surface area contributed by atoms with Crippen LogP contribution in [-0.2, 0) is 31.8 Å². The van der Waals surface area contributed by atoms with Crippen LogP contribution in [0.15, 0.2) is 109 Å². The Kier molecular flexibility index (Phi) is 11.8. The Labute approximate surface area is 292 Å². The molecule has 4 N–H and O–H groups in total. The van der Waals surface area contributed by atoms with Gasteiger partial charge < -0.3 is 35.5 Å². The summed E-state index contributed by atoms with van der Waals surface area (Å²) in [7, 11) is 1.28. The number of carbonyl (C=O) groups is 3. The molecule has 10 nitrogen and oxygen atoms in total. The fourth-order valence-corrected chi connectivity index (χ4v) is 6.80. The minimum absolute atomic E-state index is 0.0181. The van der Waals surface area contributed by atoms with Gasteiger partial charge in [-0.3, -0.25) is 4.79 Å². The summed E-state index contributed by atoms with van der Waals surface area (Å²) in [6, 6.07) is 34.1. The zero-order valence-electron chi connectivity index (χ0n) is 28.2. The zero-order chi connectivity index (χ0) is 34.7. The molecule has 1 saturated heterocycles. The van der Waals surface area contributed by atoms with Gasteiger partial charge in [0, 0.05) is 18.2 Å². The molecule has 4 atom stereocenters. The summed E-state index contributed by atoms with van der Waals surface area (Å²) in [5.74, 6) is -0.826. The molecule has 1 aliphatic carbocycles. The molecule has 0 bridgehead atoms. The van der Waals surface area contributed by atoms with Gasteiger partial charge in [-0.2, -0.15) is 0 Å². The molecule has 10 heteroatoms.